The fraction of sp³-hybridized carbons (Fsp3) is 0.500. The smallest absolute Gasteiger partial charge is 0.214 e. The third-order valence-electron chi connectivity index (χ3n) is 4.49. The molecule has 1 aliphatic carbocycles. The van der Waals surface area contributed by atoms with Gasteiger partial charge in [0.25, 0.3) is 0 Å². The van der Waals surface area contributed by atoms with Gasteiger partial charge in [-0.05, 0) is 32.8 Å². The van der Waals surface area contributed by atoms with Gasteiger partial charge in [0.05, 0.1) is 18.1 Å². The maximum absolute atomic E-state index is 5.92. The van der Waals surface area contributed by atoms with Crippen LogP contribution in [-0.4, -0.2) is 33.9 Å². The molecule has 25 heavy (non-hydrogen) atoms. The van der Waals surface area contributed by atoms with E-state index in [0.29, 0.717) is 12.5 Å². The molecule has 0 aromatic carbocycles. The molecule has 2 aromatic heterocycles. The van der Waals surface area contributed by atoms with Crippen LogP contribution in [0.5, 0.6) is 5.88 Å². The zero-order chi connectivity index (χ0) is 17.2. The fourth-order valence-electron chi connectivity index (χ4n) is 2.96. The number of hydrogen-bond acceptors (Lipinski definition) is 6. The van der Waals surface area contributed by atoms with Crippen LogP contribution in [0.1, 0.15) is 50.5 Å². The summed E-state index contributed by atoms with van der Waals surface area (Å²) in [5.74, 6) is 2.89. The highest BCUT2D eigenvalue weighted by molar-refractivity contribution is 5.79. The lowest BCUT2D eigenvalue weighted by Gasteiger charge is -2.22. The number of ether oxygens (including phenoxy) is 1. The van der Waals surface area contributed by atoms with Crippen LogP contribution in [0, 0.1) is 0 Å². The Morgan fingerprint density at radius 3 is 2.88 bits per heavy atom. The van der Waals surface area contributed by atoms with Crippen LogP contribution >= 0.6 is 0 Å². The quantitative estimate of drug-likeness (QED) is 0.806. The van der Waals surface area contributed by atoms with E-state index in [0.717, 1.165) is 29.7 Å². The molecule has 0 bridgehead atoms. The van der Waals surface area contributed by atoms with E-state index in [1.54, 1.807) is 12.5 Å². The second-order valence-electron chi connectivity index (χ2n) is 6.81. The van der Waals surface area contributed by atoms with Gasteiger partial charge in [-0.2, -0.15) is 5.10 Å². The van der Waals surface area contributed by atoms with E-state index in [4.69, 9.17) is 9.26 Å². The van der Waals surface area contributed by atoms with Crippen molar-refractivity contribution in [3.63, 3.8) is 0 Å². The van der Waals surface area contributed by atoms with Crippen molar-refractivity contribution >= 4 is 12.2 Å². The zero-order valence-electron chi connectivity index (χ0n) is 14.6. The Morgan fingerprint density at radius 1 is 1.32 bits per heavy atom. The topological polar surface area (TPSA) is 68.7 Å². The number of anilines is 1. The minimum Gasteiger partial charge on any atom is -0.475 e. The highest BCUT2D eigenvalue weighted by Crippen LogP contribution is 2.36. The van der Waals surface area contributed by atoms with Gasteiger partial charge in [0.1, 0.15) is 6.54 Å². The molecule has 7 nitrogen and oxygen atoms in total. The summed E-state index contributed by atoms with van der Waals surface area (Å²) >= 11 is 0. The first-order chi connectivity index (χ1) is 12.2. The Kier molecular flexibility index (Phi) is 4.29. The normalized spacial score (nSPS) is 17.3. The summed E-state index contributed by atoms with van der Waals surface area (Å²) in [6.45, 7) is 5.26. The van der Waals surface area contributed by atoms with E-state index in [9.17, 15) is 0 Å². The summed E-state index contributed by atoms with van der Waals surface area (Å²) in [4.78, 5) is 6.14. The van der Waals surface area contributed by atoms with Gasteiger partial charge in [0.2, 0.25) is 5.88 Å². The Labute approximate surface area is 147 Å². The molecular formula is C18H23N5O2. The van der Waals surface area contributed by atoms with E-state index < -0.39 is 0 Å². The van der Waals surface area contributed by atoms with Crippen LogP contribution in [-0.2, 0) is 6.54 Å². The van der Waals surface area contributed by atoms with Crippen molar-refractivity contribution in [2.45, 2.75) is 51.7 Å². The molecule has 132 valence electrons. The SMILES string of the molecule is CC(C)Oc1cc(N2C=NC=CC2)nn1Cc1cc(C2CCC2)no1. The van der Waals surface area contributed by atoms with Gasteiger partial charge in [0, 0.05) is 30.8 Å². The summed E-state index contributed by atoms with van der Waals surface area (Å²) in [6.07, 6.45) is 9.32. The van der Waals surface area contributed by atoms with Crippen LogP contribution in [0.4, 0.5) is 5.82 Å². The molecule has 0 radical (unpaired) electrons. The molecule has 0 N–H and O–H groups in total. The highest BCUT2D eigenvalue weighted by atomic mass is 16.5. The summed E-state index contributed by atoms with van der Waals surface area (Å²) in [5.41, 5.74) is 1.06. The minimum absolute atomic E-state index is 0.0680. The lowest BCUT2D eigenvalue weighted by atomic mass is 9.83. The van der Waals surface area contributed by atoms with Crippen LogP contribution in [0.25, 0.3) is 0 Å². The first-order valence-electron chi connectivity index (χ1n) is 8.84. The molecule has 2 aliphatic rings. The Hall–Kier alpha value is -2.57. The number of nitrogens with zero attached hydrogens (tertiary/aromatic N) is 5. The number of hydrogen-bond donors (Lipinski definition) is 0. The van der Waals surface area contributed by atoms with Gasteiger partial charge < -0.3 is 14.2 Å². The maximum Gasteiger partial charge on any atom is 0.214 e. The monoisotopic (exact) mass is 341 g/mol. The van der Waals surface area contributed by atoms with Gasteiger partial charge in [0.15, 0.2) is 11.6 Å². The average Bonchev–Trinajstić information content (AvgIpc) is 3.14. The first kappa shape index (κ1) is 15.9. The van der Waals surface area contributed by atoms with Gasteiger partial charge in [-0.15, -0.1) is 0 Å². The highest BCUT2D eigenvalue weighted by Gasteiger charge is 2.24. The summed E-state index contributed by atoms with van der Waals surface area (Å²) in [5, 5.41) is 8.90. The largest absolute Gasteiger partial charge is 0.475 e. The standard InChI is InChI=1S/C18H23N5O2/c1-13(2)24-18-10-17(22-8-4-7-19-12-22)20-23(18)11-15-9-16(21-25-15)14-5-3-6-14/h4,7,9-10,12-14H,3,5-6,8,11H2,1-2H3. The molecule has 3 heterocycles. The van der Waals surface area contributed by atoms with Crippen molar-refractivity contribution in [3.8, 4) is 5.88 Å². The number of aliphatic imine (C=N–C) groups is 1. The third kappa shape index (κ3) is 3.45. The molecule has 0 saturated heterocycles. The van der Waals surface area contributed by atoms with Crippen molar-refractivity contribution in [3.05, 3.63) is 35.9 Å². The van der Waals surface area contributed by atoms with Crippen LogP contribution in [0.15, 0.2) is 33.9 Å². The van der Waals surface area contributed by atoms with Gasteiger partial charge in [-0.25, -0.2) is 9.67 Å². The summed E-state index contributed by atoms with van der Waals surface area (Å²) in [6, 6.07) is 3.99. The van der Waals surface area contributed by atoms with Crippen LogP contribution < -0.4 is 9.64 Å². The second-order valence-corrected chi connectivity index (χ2v) is 6.81. The zero-order valence-corrected chi connectivity index (χ0v) is 14.6. The van der Waals surface area contributed by atoms with Gasteiger partial charge >= 0.3 is 0 Å². The van der Waals surface area contributed by atoms with E-state index in [1.165, 1.54) is 19.3 Å². The third-order valence-corrected chi connectivity index (χ3v) is 4.49. The average molecular weight is 341 g/mol. The molecule has 0 amide bonds. The van der Waals surface area contributed by atoms with Crippen molar-refractivity contribution in [1.29, 1.82) is 0 Å². The predicted molar refractivity (Wildman–Crippen MR) is 95.2 cm³/mol. The van der Waals surface area contributed by atoms with Crippen molar-refractivity contribution in [1.82, 2.24) is 14.9 Å². The Balaban J connectivity index is 1.55. The molecule has 1 aliphatic heterocycles. The van der Waals surface area contributed by atoms with E-state index in [2.05, 4.69) is 21.3 Å². The van der Waals surface area contributed by atoms with Crippen molar-refractivity contribution in [2.24, 2.45) is 4.99 Å². The summed E-state index contributed by atoms with van der Waals surface area (Å²) < 4.78 is 13.3. The van der Waals surface area contributed by atoms with Crippen molar-refractivity contribution in [2.75, 3.05) is 11.4 Å². The molecule has 0 atom stereocenters. The summed E-state index contributed by atoms with van der Waals surface area (Å²) in [7, 11) is 0. The molecule has 1 saturated carbocycles. The predicted octanol–water partition coefficient (Wildman–Crippen LogP) is 3.34. The molecule has 7 heteroatoms. The van der Waals surface area contributed by atoms with Gasteiger partial charge in [-0.3, -0.25) is 0 Å². The van der Waals surface area contributed by atoms with Crippen LogP contribution in [0.3, 0.4) is 0 Å². The van der Waals surface area contributed by atoms with Crippen LogP contribution in [0.2, 0.25) is 0 Å². The Bertz CT molecular complexity index is 785. The maximum atomic E-state index is 5.92. The van der Waals surface area contributed by atoms with Crippen molar-refractivity contribution < 1.29 is 9.26 Å². The lowest BCUT2D eigenvalue weighted by Crippen LogP contribution is -2.23. The second kappa shape index (κ2) is 6.74. The Morgan fingerprint density at radius 2 is 2.20 bits per heavy atom. The lowest BCUT2D eigenvalue weighted by molar-refractivity contribution is 0.216. The minimum atomic E-state index is 0.0680. The van der Waals surface area contributed by atoms with Gasteiger partial charge in [-0.1, -0.05) is 11.6 Å². The number of rotatable bonds is 6. The van der Waals surface area contributed by atoms with E-state index in [-0.39, 0.29) is 6.10 Å². The van der Waals surface area contributed by atoms with E-state index in [1.807, 2.05) is 35.6 Å². The molecule has 4 rings (SSSR count). The number of aromatic nitrogens is 3. The molecular weight excluding hydrogens is 318 g/mol. The molecule has 1 fully saturated rings. The molecule has 0 spiro atoms. The molecule has 2 aromatic rings. The fourth-order valence-corrected chi connectivity index (χ4v) is 2.96. The molecule has 0 unspecified atom stereocenters. The van der Waals surface area contributed by atoms with E-state index >= 15 is 0 Å². The first-order valence-corrected chi connectivity index (χ1v) is 8.84.